The Kier molecular flexibility index (Phi) is 11.2. The van der Waals surface area contributed by atoms with E-state index in [1.165, 1.54) is 0 Å². The maximum Gasteiger partial charge on any atom is 0.326 e. The number of hydrogen-bond acceptors (Lipinski definition) is 6. The molecule has 14 heteroatoms. The fourth-order valence-corrected chi connectivity index (χ4v) is 2.62. The summed E-state index contributed by atoms with van der Waals surface area (Å²) >= 11 is 0. The summed E-state index contributed by atoms with van der Waals surface area (Å²) in [5.74, 6) is -4.33. The highest BCUT2D eigenvalue weighted by molar-refractivity contribution is 5.90. The van der Waals surface area contributed by atoms with E-state index in [2.05, 4.69) is 20.7 Å². The van der Waals surface area contributed by atoms with Crippen molar-refractivity contribution in [3.63, 3.8) is 0 Å². The van der Waals surface area contributed by atoms with E-state index in [1.807, 2.05) is 5.32 Å². The van der Waals surface area contributed by atoms with Crippen molar-refractivity contribution in [3.8, 4) is 0 Å². The number of carbonyl (C=O) groups is 5. The van der Waals surface area contributed by atoms with Crippen LogP contribution in [0.15, 0.2) is 29.4 Å². The highest BCUT2D eigenvalue weighted by Gasteiger charge is 2.25. The number of carboxylic acids is 3. The Morgan fingerprint density at radius 2 is 1.55 bits per heavy atom. The summed E-state index contributed by atoms with van der Waals surface area (Å²) in [4.78, 5) is 59.7. The van der Waals surface area contributed by atoms with Crippen LogP contribution in [0.3, 0.4) is 0 Å². The van der Waals surface area contributed by atoms with Gasteiger partial charge in [-0.2, -0.15) is 0 Å². The molecule has 2 unspecified atom stereocenters. The lowest BCUT2D eigenvalue weighted by Gasteiger charge is -2.18. The first-order valence-electron chi connectivity index (χ1n) is 9.76. The number of carbonyl (C=O) groups excluding carboxylic acids is 2. The first-order valence-corrected chi connectivity index (χ1v) is 9.76. The molecule has 0 heterocycles. The lowest BCUT2D eigenvalue weighted by molar-refractivity contribution is -0.140. The topological polar surface area (TPSA) is 231 Å². The van der Waals surface area contributed by atoms with Gasteiger partial charge in [0.05, 0.1) is 0 Å². The standard InChI is InChI=1S/C19H24N6O8/c20-25-21-9-1-2-15(26)22-12-5-3-11(4-6-12)10-14(18(31)32)24-19(33)23-13(17(29)30)7-8-16(27)28/h3-6,13-14H,1-2,7-10H2,(H,22,26)(H,27,28)(H,29,30)(H,31,32)(H2,23,24,33). The average molecular weight is 464 g/mol. The lowest BCUT2D eigenvalue weighted by Crippen LogP contribution is -2.51. The minimum atomic E-state index is -1.50. The highest BCUT2D eigenvalue weighted by atomic mass is 16.4. The Morgan fingerprint density at radius 1 is 0.939 bits per heavy atom. The van der Waals surface area contributed by atoms with E-state index in [1.54, 1.807) is 24.3 Å². The monoisotopic (exact) mass is 464 g/mol. The summed E-state index contributed by atoms with van der Waals surface area (Å²) in [5, 5.41) is 37.3. The van der Waals surface area contributed by atoms with Crippen LogP contribution < -0.4 is 16.0 Å². The van der Waals surface area contributed by atoms with Crippen LogP contribution in [0.1, 0.15) is 31.2 Å². The van der Waals surface area contributed by atoms with Gasteiger partial charge in [0.2, 0.25) is 5.91 Å². The minimum Gasteiger partial charge on any atom is -0.481 e. The van der Waals surface area contributed by atoms with Crippen molar-refractivity contribution in [1.29, 1.82) is 0 Å². The number of aliphatic carboxylic acids is 3. The molecule has 0 fully saturated rings. The molecule has 0 aliphatic rings. The zero-order valence-electron chi connectivity index (χ0n) is 17.4. The summed E-state index contributed by atoms with van der Waals surface area (Å²) in [6, 6.07) is 2.25. The Balaban J connectivity index is 2.65. The second kappa shape index (κ2) is 13.9. The molecule has 6 N–H and O–H groups in total. The molecule has 1 aromatic rings. The number of amides is 3. The number of rotatable bonds is 14. The summed E-state index contributed by atoms with van der Waals surface area (Å²) < 4.78 is 0. The van der Waals surface area contributed by atoms with Crippen LogP contribution in [0.4, 0.5) is 10.5 Å². The molecule has 0 aromatic heterocycles. The maximum atomic E-state index is 12.0. The molecule has 0 aliphatic heterocycles. The van der Waals surface area contributed by atoms with Gasteiger partial charge in [0.25, 0.3) is 0 Å². The van der Waals surface area contributed by atoms with Crippen molar-refractivity contribution >= 4 is 35.5 Å². The quantitative estimate of drug-likeness (QED) is 0.101. The number of urea groups is 1. The van der Waals surface area contributed by atoms with Gasteiger partial charge >= 0.3 is 23.9 Å². The molecule has 0 saturated carbocycles. The Bertz CT molecular complexity index is 913. The lowest BCUT2D eigenvalue weighted by atomic mass is 10.1. The highest BCUT2D eigenvalue weighted by Crippen LogP contribution is 2.12. The van der Waals surface area contributed by atoms with Crippen LogP contribution in [-0.2, 0) is 25.6 Å². The number of hydrogen-bond donors (Lipinski definition) is 6. The van der Waals surface area contributed by atoms with Crippen molar-refractivity contribution in [3.05, 3.63) is 40.3 Å². The van der Waals surface area contributed by atoms with Gasteiger partial charge in [-0.15, -0.1) is 0 Å². The van der Waals surface area contributed by atoms with Gasteiger partial charge in [0.1, 0.15) is 12.1 Å². The van der Waals surface area contributed by atoms with Gasteiger partial charge in [-0.3, -0.25) is 9.59 Å². The van der Waals surface area contributed by atoms with Crippen LogP contribution in [0.25, 0.3) is 10.4 Å². The zero-order chi connectivity index (χ0) is 24.8. The fraction of sp³-hybridized carbons (Fsp3) is 0.421. The molecule has 0 saturated heterocycles. The predicted octanol–water partition coefficient (Wildman–Crippen LogP) is 1.33. The number of nitrogens with one attached hydrogen (secondary N) is 3. The molecule has 33 heavy (non-hydrogen) atoms. The van der Waals surface area contributed by atoms with Crippen molar-refractivity contribution in [2.75, 3.05) is 11.9 Å². The Morgan fingerprint density at radius 3 is 2.09 bits per heavy atom. The van der Waals surface area contributed by atoms with Gasteiger partial charge in [-0.05, 0) is 36.1 Å². The molecule has 2 atom stereocenters. The molecule has 0 bridgehead atoms. The Labute approximate surface area is 187 Å². The average Bonchev–Trinajstić information content (AvgIpc) is 2.74. The van der Waals surface area contributed by atoms with E-state index in [0.29, 0.717) is 17.7 Å². The summed E-state index contributed by atoms with van der Waals surface area (Å²) in [5.41, 5.74) is 9.17. The summed E-state index contributed by atoms with van der Waals surface area (Å²) in [6.07, 6.45) is -0.438. The normalized spacial score (nSPS) is 11.9. The molecule has 1 aromatic carbocycles. The van der Waals surface area contributed by atoms with Crippen LogP contribution in [0.5, 0.6) is 0 Å². The third-order valence-corrected chi connectivity index (χ3v) is 4.26. The largest absolute Gasteiger partial charge is 0.481 e. The number of azide groups is 1. The molecule has 3 amide bonds. The van der Waals surface area contributed by atoms with Crippen molar-refractivity contribution in [2.24, 2.45) is 5.11 Å². The molecular weight excluding hydrogens is 440 g/mol. The van der Waals surface area contributed by atoms with E-state index in [-0.39, 0.29) is 31.7 Å². The van der Waals surface area contributed by atoms with Gasteiger partial charge in [-0.25, -0.2) is 14.4 Å². The third-order valence-electron chi connectivity index (χ3n) is 4.26. The third kappa shape index (κ3) is 11.0. The molecule has 0 aliphatic carbocycles. The van der Waals surface area contributed by atoms with E-state index in [9.17, 15) is 29.1 Å². The van der Waals surface area contributed by atoms with Crippen LogP contribution in [0.2, 0.25) is 0 Å². The van der Waals surface area contributed by atoms with Crippen LogP contribution in [-0.4, -0.2) is 63.8 Å². The van der Waals surface area contributed by atoms with Crippen molar-refractivity contribution in [2.45, 2.75) is 44.2 Å². The van der Waals surface area contributed by atoms with E-state index in [0.717, 1.165) is 0 Å². The number of nitrogens with zero attached hydrogens (tertiary/aromatic N) is 3. The van der Waals surface area contributed by atoms with Gasteiger partial charge in [0.15, 0.2) is 0 Å². The van der Waals surface area contributed by atoms with E-state index in [4.69, 9.17) is 15.7 Å². The summed E-state index contributed by atoms with van der Waals surface area (Å²) in [6.45, 7) is 0.201. The smallest absolute Gasteiger partial charge is 0.326 e. The number of anilines is 1. The van der Waals surface area contributed by atoms with Crippen LogP contribution in [0, 0.1) is 0 Å². The summed E-state index contributed by atoms with van der Waals surface area (Å²) in [7, 11) is 0. The van der Waals surface area contributed by atoms with Gasteiger partial charge in [-0.1, -0.05) is 17.2 Å². The van der Waals surface area contributed by atoms with E-state index < -0.39 is 42.4 Å². The zero-order valence-corrected chi connectivity index (χ0v) is 17.4. The first-order chi connectivity index (χ1) is 15.6. The second-order valence-corrected chi connectivity index (χ2v) is 6.84. The molecule has 0 spiro atoms. The molecule has 14 nitrogen and oxygen atoms in total. The molecule has 1 rings (SSSR count). The first kappa shape index (κ1) is 26.7. The SMILES string of the molecule is [N-]=[N+]=NCCCC(=O)Nc1ccc(CC(NC(=O)NC(CCC(=O)O)C(=O)O)C(=O)O)cc1. The number of benzene rings is 1. The van der Waals surface area contributed by atoms with Crippen molar-refractivity contribution in [1.82, 2.24) is 10.6 Å². The Hall–Kier alpha value is -4.32. The molecule has 178 valence electrons. The second-order valence-electron chi connectivity index (χ2n) is 6.84. The number of carboxylic acid groups (broad SMARTS) is 3. The molecule has 0 radical (unpaired) electrons. The van der Waals surface area contributed by atoms with E-state index >= 15 is 0 Å². The van der Waals surface area contributed by atoms with Crippen molar-refractivity contribution < 1.29 is 39.3 Å². The minimum absolute atomic E-state index is 0.129. The van der Waals surface area contributed by atoms with Gasteiger partial charge in [0, 0.05) is 36.4 Å². The predicted molar refractivity (Wildman–Crippen MR) is 113 cm³/mol. The van der Waals surface area contributed by atoms with Gasteiger partial charge < -0.3 is 31.3 Å². The maximum absolute atomic E-state index is 12.0. The van der Waals surface area contributed by atoms with Crippen LogP contribution >= 0.6 is 0 Å². The fourth-order valence-electron chi connectivity index (χ4n) is 2.62. The molecular formula is C19H24N6O8.